The van der Waals surface area contributed by atoms with Gasteiger partial charge < -0.3 is 10.8 Å². The number of para-hydroxylation sites is 1. The van der Waals surface area contributed by atoms with Crippen LogP contribution in [-0.4, -0.2) is 5.11 Å². The van der Waals surface area contributed by atoms with Crippen LogP contribution in [0.5, 0.6) is 5.75 Å². The van der Waals surface area contributed by atoms with Crippen LogP contribution in [0.1, 0.15) is 36.5 Å². The topological polar surface area (TPSA) is 46.2 Å². The Morgan fingerprint density at radius 1 is 1.05 bits per heavy atom. The second-order valence-electron chi connectivity index (χ2n) is 4.94. The first-order chi connectivity index (χ1) is 9.20. The van der Waals surface area contributed by atoms with E-state index in [1.54, 1.807) is 6.07 Å². The largest absolute Gasteiger partial charge is 0.508 e. The monoisotopic (exact) mass is 255 g/mol. The Bertz CT molecular complexity index is 549. The van der Waals surface area contributed by atoms with E-state index in [0.717, 1.165) is 23.2 Å². The van der Waals surface area contributed by atoms with Crippen LogP contribution in [0.2, 0.25) is 0 Å². The summed E-state index contributed by atoms with van der Waals surface area (Å²) >= 11 is 0. The lowest BCUT2D eigenvalue weighted by Crippen LogP contribution is -1.98. The summed E-state index contributed by atoms with van der Waals surface area (Å²) in [5.74, 6) is 0.334. The number of benzene rings is 2. The molecule has 0 saturated carbocycles. The molecule has 0 fully saturated rings. The van der Waals surface area contributed by atoms with Gasteiger partial charge in [0.2, 0.25) is 0 Å². The first kappa shape index (κ1) is 13.5. The fraction of sp³-hybridized carbons (Fsp3) is 0.294. The highest BCUT2D eigenvalue weighted by Crippen LogP contribution is 2.24. The van der Waals surface area contributed by atoms with E-state index in [-0.39, 0.29) is 0 Å². The van der Waals surface area contributed by atoms with Crippen LogP contribution < -0.4 is 5.73 Å². The number of aromatic hydroxyl groups is 1. The molecule has 3 N–H and O–H groups in total. The lowest BCUT2D eigenvalue weighted by atomic mass is 9.98. The third kappa shape index (κ3) is 3.50. The average Bonchev–Trinajstić information content (AvgIpc) is 2.42. The lowest BCUT2D eigenvalue weighted by Gasteiger charge is -2.10. The molecular formula is C17H21NO. The van der Waals surface area contributed by atoms with Crippen molar-refractivity contribution >= 4 is 5.69 Å². The van der Waals surface area contributed by atoms with Crippen molar-refractivity contribution < 1.29 is 5.11 Å². The maximum Gasteiger partial charge on any atom is 0.119 e. The molecule has 0 aliphatic rings. The molecule has 2 nitrogen and oxygen atoms in total. The van der Waals surface area contributed by atoms with E-state index in [4.69, 9.17) is 5.73 Å². The molecule has 0 heterocycles. The van der Waals surface area contributed by atoms with Crippen molar-refractivity contribution in [3.05, 3.63) is 59.2 Å². The first-order valence-electron chi connectivity index (χ1n) is 6.85. The molecule has 0 unspecified atom stereocenters. The summed E-state index contributed by atoms with van der Waals surface area (Å²) in [5.41, 5.74) is 10.2. The molecule has 2 heteroatoms. The number of hydrogen-bond donors (Lipinski definition) is 2. The highest BCUT2D eigenvalue weighted by Gasteiger charge is 2.06. The molecule has 0 spiro atoms. The Morgan fingerprint density at radius 2 is 1.84 bits per heavy atom. The highest BCUT2D eigenvalue weighted by molar-refractivity contribution is 5.52. The quantitative estimate of drug-likeness (QED) is 0.796. The molecule has 0 radical (unpaired) electrons. The van der Waals surface area contributed by atoms with Gasteiger partial charge in [-0.3, -0.25) is 0 Å². The second kappa shape index (κ2) is 6.28. The normalized spacial score (nSPS) is 10.6. The minimum absolute atomic E-state index is 0.334. The summed E-state index contributed by atoms with van der Waals surface area (Å²) in [6.45, 7) is 2.19. The van der Waals surface area contributed by atoms with Gasteiger partial charge in [0.1, 0.15) is 5.75 Å². The number of phenolic OH excluding ortho intramolecular Hbond substituents is 1. The van der Waals surface area contributed by atoms with Crippen LogP contribution in [0.25, 0.3) is 0 Å². The second-order valence-corrected chi connectivity index (χ2v) is 4.94. The number of anilines is 1. The summed E-state index contributed by atoms with van der Waals surface area (Å²) in [5, 5.41) is 9.83. The number of nitrogens with two attached hydrogens (primary N) is 1. The Labute approximate surface area is 114 Å². The van der Waals surface area contributed by atoms with Crippen LogP contribution in [-0.2, 0) is 12.8 Å². The van der Waals surface area contributed by atoms with Crippen molar-refractivity contribution in [1.82, 2.24) is 0 Å². The van der Waals surface area contributed by atoms with Gasteiger partial charge in [0.25, 0.3) is 0 Å². The molecule has 2 rings (SSSR count). The van der Waals surface area contributed by atoms with Crippen molar-refractivity contribution in [3.8, 4) is 5.75 Å². The molecular weight excluding hydrogens is 234 g/mol. The summed E-state index contributed by atoms with van der Waals surface area (Å²) in [4.78, 5) is 0. The van der Waals surface area contributed by atoms with E-state index in [9.17, 15) is 5.11 Å². The van der Waals surface area contributed by atoms with Gasteiger partial charge in [0.05, 0.1) is 0 Å². The maximum atomic E-state index is 9.83. The van der Waals surface area contributed by atoms with E-state index in [1.165, 1.54) is 18.4 Å². The van der Waals surface area contributed by atoms with Crippen LogP contribution in [0.3, 0.4) is 0 Å². The fourth-order valence-electron chi connectivity index (χ4n) is 2.21. The van der Waals surface area contributed by atoms with Gasteiger partial charge in [-0.05, 0) is 41.7 Å². The first-order valence-corrected chi connectivity index (χ1v) is 6.85. The van der Waals surface area contributed by atoms with E-state index < -0.39 is 0 Å². The van der Waals surface area contributed by atoms with Gasteiger partial charge in [0.15, 0.2) is 0 Å². The van der Waals surface area contributed by atoms with Gasteiger partial charge >= 0.3 is 0 Å². The zero-order valence-electron chi connectivity index (χ0n) is 11.4. The lowest BCUT2D eigenvalue weighted by molar-refractivity contribution is 0.469. The molecule has 0 aliphatic heterocycles. The van der Waals surface area contributed by atoms with E-state index in [2.05, 4.69) is 19.1 Å². The fourth-order valence-corrected chi connectivity index (χ4v) is 2.21. The predicted molar refractivity (Wildman–Crippen MR) is 80.4 cm³/mol. The van der Waals surface area contributed by atoms with E-state index in [1.807, 2.05) is 24.3 Å². The minimum atomic E-state index is 0.334. The number of rotatable bonds is 5. The molecule has 0 aromatic heterocycles. The SMILES string of the molecule is CCCCc1ccc(N)c(Cc2ccccc2O)c1. The van der Waals surface area contributed by atoms with Gasteiger partial charge in [-0.2, -0.15) is 0 Å². The summed E-state index contributed by atoms with van der Waals surface area (Å²) in [7, 11) is 0. The maximum absolute atomic E-state index is 9.83. The highest BCUT2D eigenvalue weighted by atomic mass is 16.3. The van der Waals surface area contributed by atoms with Crippen LogP contribution in [0.4, 0.5) is 5.69 Å². The third-order valence-corrected chi connectivity index (χ3v) is 3.40. The van der Waals surface area contributed by atoms with Gasteiger partial charge in [-0.15, -0.1) is 0 Å². The van der Waals surface area contributed by atoms with Gasteiger partial charge in [0, 0.05) is 12.1 Å². The predicted octanol–water partition coefficient (Wildman–Crippen LogP) is 3.91. The number of nitrogen functional groups attached to an aromatic ring is 1. The van der Waals surface area contributed by atoms with Gasteiger partial charge in [-0.1, -0.05) is 43.7 Å². The summed E-state index contributed by atoms with van der Waals surface area (Å²) < 4.78 is 0. The van der Waals surface area contributed by atoms with Gasteiger partial charge in [-0.25, -0.2) is 0 Å². The van der Waals surface area contributed by atoms with Crippen molar-refractivity contribution in [2.45, 2.75) is 32.6 Å². The molecule has 0 saturated heterocycles. The number of phenols is 1. The molecule has 2 aromatic carbocycles. The Kier molecular flexibility index (Phi) is 4.45. The molecule has 100 valence electrons. The molecule has 0 atom stereocenters. The van der Waals surface area contributed by atoms with E-state index in [0.29, 0.717) is 12.2 Å². The molecule has 19 heavy (non-hydrogen) atoms. The van der Waals surface area contributed by atoms with Crippen LogP contribution in [0, 0.1) is 0 Å². The Morgan fingerprint density at radius 3 is 2.58 bits per heavy atom. The van der Waals surface area contributed by atoms with Crippen LogP contribution >= 0.6 is 0 Å². The smallest absolute Gasteiger partial charge is 0.119 e. The molecule has 0 aliphatic carbocycles. The third-order valence-electron chi connectivity index (χ3n) is 3.40. The molecule has 2 aromatic rings. The molecule has 0 bridgehead atoms. The Balaban J connectivity index is 2.21. The standard InChI is InChI=1S/C17H21NO/c1-2-3-6-13-9-10-16(18)15(11-13)12-14-7-4-5-8-17(14)19/h4-5,7-11,19H,2-3,6,12,18H2,1H3. The average molecular weight is 255 g/mol. The van der Waals surface area contributed by atoms with Crippen molar-refractivity contribution in [3.63, 3.8) is 0 Å². The van der Waals surface area contributed by atoms with E-state index >= 15 is 0 Å². The summed E-state index contributed by atoms with van der Waals surface area (Å²) in [6, 6.07) is 13.7. The van der Waals surface area contributed by atoms with Crippen molar-refractivity contribution in [1.29, 1.82) is 0 Å². The number of unbranched alkanes of at least 4 members (excludes halogenated alkanes) is 1. The summed E-state index contributed by atoms with van der Waals surface area (Å²) in [6.07, 6.45) is 4.15. The Hall–Kier alpha value is -1.96. The van der Waals surface area contributed by atoms with Crippen molar-refractivity contribution in [2.75, 3.05) is 5.73 Å². The zero-order valence-corrected chi connectivity index (χ0v) is 11.4. The number of aryl methyl sites for hydroxylation is 1. The number of hydrogen-bond acceptors (Lipinski definition) is 2. The van der Waals surface area contributed by atoms with Crippen LogP contribution in [0.15, 0.2) is 42.5 Å². The molecule has 0 amide bonds. The minimum Gasteiger partial charge on any atom is -0.508 e. The zero-order chi connectivity index (χ0) is 13.7. The van der Waals surface area contributed by atoms with Crippen molar-refractivity contribution in [2.24, 2.45) is 0 Å².